The molecule has 2 aliphatic rings. The first kappa shape index (κ1) is 22.3. The van der Waals surface area contributed by atoms with Gasteiger partial charge in [0.25, 0.3) is 0 Å². The number of benzene rings is 2. The van der Waals surface area contributed by atoms with Crippen LogP contribution in [0.15, 0.2) is 36.4 Å². The van der Waals surface area contributed by atoms with Crippen molar-refractivity contribution in [1.82, 2.24) is 4.90 Å². The predicted octanol–water partition coefficient (Wildman–Crippen LogP) is 5.23. The zero-order chi connectivity index (χ0) is 22.0. The number of rotatable bonds is 6. The molecule has 0 amide bonds. The van der Waals surface area contributed by atoms with Crippen molar-refractivity contribution in [3.63, 3.8) is 0 Å². The lowest BCUT2D eigenvalue weighted by Crippen LogP contribution is -2.54. The highest BCUT2D eigenvalue weighted by Gasteiger charge is 2.49. The van der Waals surface area contributed by atoms with Crippen molar-refractivity contribution in [1.29, 1.82) is 0 Å². The Kier molecular flexibility index (Phi) is 6.65. The summed E-state index contributed by atoms with van der Waals surface area (Å²) in [5, 5.41) is 12.3. The minimum atomic E-state index is -0.639. The molecule has 168 valence electrons. The van der Waals surface area contributed by atoms with E-state index in [-0.39, 0.29) is 12.0 Å². The van der Waals surface area contributed by atoms with Gasteiger partial charge in [0.15, 0.2) is 11.5 Å². The van der Waals surface area contributed by atoms with Crippen molar-refractivity contribution in [3.8, 4) is 17.2 Å². The fourth-order valence-electron chi connectivity index (χ4n) is 5.48. The van der Waals surface area contributed by atoms with E-state index in [4.69, 9.17) is 25.8 Å². The van der Waals surface area contributed by atoms with Crippen molar-refractivity contribution in [2.75, 3.05) is 27.9 Å². The lowest BCUT2D eigenvalue weighted by atomic mass is 9.66. The van der Waals surface area contributed by atoms with E-state index >= 15 is 0 Å². The highest BCUT2D eigenvalue weighted by molar-refractivity contribution is 6.31. The summed E-state index contributed by atoms with van der Waals surface area (Å²) in [5.74, 6) is 2.00. The first-order chi connectivity index (χ1) is 15.0. The first-order valence-electron chi connectivity index (χ1n) is 11.0. The molecule has 0 spiro atoms. The fourth-order valence-corrected chi connectivity index (χ4v) is 5.68. The van der Waals surface area contributed by atoms with Crippen LogP contribution in [0.4, 0.5) is 0 Å². The summed E-state index contributed by atoms with van der Waals surface area (Å²) in [6.07, 6.45) is 4.85. The van der Waals surface area contributed by atoms with Gasteiger partial charge >= 0.3 is 0 Å². The van der Waals surface area contributed by atoms with Crippen LogP contribution in [-0.2, 0) is 6.54 Å². The molecule has 5 nitrogen and oxygen atoms in total. The van der Waals surface area contributed by atoms with Crippen molar-refractivity contribution in [2.24, 2.45) is 5.92 Å². The van der Waals surface area contributed by atoms with Gasteiger partial charge in [-0.2, -0.15) is 0 Å². The molecule has 1 aliphatic heterocycles. The molecule has 0 radical (unpaired) electrons. The normalized spacial score (nSPS) is 26.2. The zero-order valence-electron chi connectivity index (χ0n) is 18.6. The molecule has 2 aromatic carbocycles. The molecule has 0 unspecified atom stereocenters. The monoisotopic (exact) mass is 445 g/mol. The summed E-state index contributed by atoms with van der Waals surface area (Å²) in [6, 6.07) is 12.1. The SMILES string of the molecule is COc1cc([C@@H]2[C@H]3CCCC[C@]3(O)CCN2Cc2ccccc2Cl)cc(OC)c1OC. The van der Waals surface area contributed by atoms with E-state index in [0.29, 0.717) is 17.2 Å². The Labute approximate surface area is 189 Å². The van der Waals surface area contributed by atoms with Gasteiger partial charge in [-0.15, -0.1) is 0 Å². The van der Waals surface area contributed by atoms with E-state index in [9.17, 15) is 5.11 Å². The molecule has 4 rings (SSSR count). The number of hydrogen-bond donors (Lipinski definition) is 1. The molecule has 1 saturated heterocycles. The van der Waals surface area contributed by atoms with Gasteiger partial charge in [-0.05, 0) is 48.6 Å². The van der Waals surface area contributed by atoms with Crippen LogP contribution in [0.2, 0.25) is 5.02 Å². The van der Waals surface area contributed by atoms with Gasteiger partial charge in [0.1, 0.15) is 0 Å². The molecular formula is C25H32ClNO4. The van der Waals surface area contributed by atoms with E-state index in [0.717, 1.165) is 61.3 Å². The molecule has 31 heavy (non-hydrogen) atoms. The molecule has 0 bridgehead atoms. The van der Waals surface area contributed by atoms with Crippen LogP contribution in [0.1, 0.15) is 49.3 Å². The Morgan fingerprint density at radius 1 is 1.03 bits per heavy atom. The number of halogens is 1. The van der Waals surface area contributed by atoms with Gasteiger partial charge < -0.3 is 19.3 Å². The molecule has 1 aliphatic carbocycles. The second-order valence-corrected chi connectivity index (χ2v) is 9.08. The largest absolute Gasteiger partial charge is 0.493 e. The van der Waals surface area contributed by atoms with Crippen LogP contribution in [0, 0.1) is 5.92 Å². The predicted molar refractivity (Wildman–Crippen MR) is 122 cm³/mol. The number of fused-ring (bicyclic) bond motifs is 1. The third-order valence-electron chi connectivity index (χ3n) is 7.03. The first-order valence-corrected chi connectivity index (χ1v) is 11.4. The smallest absolute Gasteiger partial charge is 0.203 e. The number of ether oxygens (including phenoxy) is 3. The van der Waals surface area contributed by atoms with Gasteiger partial charge in [-0.25, -0.2) is 0 Å². The summed E-state index contributed by atoms with van der Waals surface area (Å²) in [4.78, 5) is 2.45. The average Bonchev–Trinajstić information content (AvgIpc) is 2.79. The van der Waals surface area contributed by atoms with Crippen molar-refractivity contribution >= 4 is 11.6 Å². The maximum absolute atomic E-state index is 11.6. The fraction of sp³-hybridized carbons (Fsp3) is 0.520. The molecule has 1 N–H and O–H groups in total. The molecule has 1 heterocycles. The Hall–Kier alpha value is -1.95. The van der Waals surface area contributed by atoms with E-state index in [1.807, 2.05) is 30.3 Å². The summed E-state index contributed by atoms with van der Waals surface area (Å²) in [6.45, 7) is 1.53. The third kappa shape index (κ3) is 4.23. The Morgan fingerprint density at radius 3 is 2.39 bits per heavy atom. The van der Waals surface area contributed by atoms with Crippen molar-refractivity contribution in [3.05, 3.63) is 52.5 Å². The minimum Gasteiger partial charge on any atom is -0.493 e. The minimum absolute atomic E-state index is 0.0315. The number of aliphatic hydroxyl groups is 1. The van der Waals surface area contributed by atoms with Crippen molar-refractivity contribution in [2.45, 2.75) is 50.3 Å². The number of methoxy groups -OCH3 is 3. The Morgan fingerprint density at radius 2 is 1.74 bits per heavy atom. The second-order valence-electron chi connectivity index (χ2n) is 8.67. The van der Waals surface area contributed by atoms with E-state index in [1.165, 1.54) is 0 Å². The van der Waals surface area contributed by atoms with Gasteiger partial charge in [0, 0.05) is 30.1 Å². The van der Waals surface area contributed by atoms with Crippen LogP contribution in [0.5, 0.6) is 17.2 Å². The van der Waals surface area contributed by atoms with Crippen LogP contribution in [-0.4, -0.2) is 43.5 Å². The molecule has 1 saturated carbocycles. The van der Waals surface area contributed by atoms with E-state index in [2.05, 4.69) is 11.0 Å². The summed E-state index contributed by atoms with van der Waals surface area (Å²) < 4.78 is 16.8. The maximum atomic E-state index is 11.6. The van der Waals surface area contributed by atoms with Gasteiger partial charge in [-0.3, -0.25) is 4.90 Å². The lowest BCUT2D eigenvalue weighted by molar-refractivity contribution is -0.126. The van der Waals surface area contributed by atoms with Gasteiger partial charge in [-0.1, -0.05) is 42.6 Å². The summed E-state index contributed by atoms with van der Waals surface area (Å²) >= 11 is 6.50. The highest BCUT2D eigenvalue weighted by atomic mass is 35.5. The molecule has 0 aromatic heterocycles. The van der Waals surface area contributed by atoms with Crippen LogP contribution >= 0.6 is 11.6 Å². The van der Waals surface area contributed by atoms with Crippen LogP contribution in [0.3, 0.4) is 0 Å². The molecule has 2 fully saturated rings. The van der Waals surface area contributed by atoms with Gasteiger partial charge in [0.2, 0.25) is 5.75 Å². The summed E-state index contributed by atoms with van der Waals surface area (Å²) in [5.41, 5.74) is 1.54. The topological polar surface area (TPSA) is 51.2 Å². The van der Waals surface area contributed by atoms with Crippen molar-refractivity contribution < 1.29 is 19.3 Å². The molecule has 2 aromatic rings. The lowest BCUT2D eigenvalue weighted by Gasteiger charge is -2.53. The van der Waals surface area contributed by atoms with E-state index in [1.54, 1.807) is 21.3 Å². The van der Waals surface area contributed by atoms with Crippen LogP contribution < -0.4 is 14.2 Å². The number of likely N-dealkylation sites (tertiary alicyclic amines) is 1. The quantitative estimate of drug-likeness (QED) is 0.659. The number of hydrogen-bond acceptors (Lipinski definition) is 5. The van der Waals surface area contributed by atoms with Gasteiger partial charge in [0.05, 0.1) is 26.9 Å². The highest BCUT2D eigenvalue weighted by Crippen LogP contribution is 2.52. The Bertz CT molecular complexity index is 895. The second kappa shape index (κ2) is 9.27. The zero-order valence-corrected chi connectivity index (χ0v) is 19.3. The molecule has 3 atom stereocenters. The summed E-state index contributed by atoms with van der Waals surface area (Å²) in [7, 11) is 4.89. The Balaban J connectivity index is 1.79. The average molecular weight is 446 g/mol. The van der Waals surface area contributed by atoms with E-state index < -0.39 is 5.60 Å². The maximum Gasteiger partial charge on any atom is 0.203 e. The molecule has 6 heteroatoms. The standard InChI is InChI=1S/C25H32ClNO4/c1-29-21-14-18(15-22(30-2)24(21)31-3)23-19-9-6-7-11-25(19,28)12-13-27(23)16-17-8-4-5-10-20(17)26/h4-5,8,10,14-15,19,23,28H,6-7,9,11-13,16H2,1-3H3/t19-,23-,25+/m1/s1. The molecular weight excluding hydrogens is 414 g/mol. The third-order valence-corrected chi connectivity index (χ3v) is 7.40. The number of piperidine rings is 1. The van der Waals surface area contributed by atoms with Crippen LogP contribution in [0.25, 0.3) is 0 Å². The number of nitrogens with zero attached hydrogens (tertiary/aromatic N) is 1.